The molecule has 3 heterocycles. The van der Waals surface area contributed by atoms with E-state index in [1.807, 2.05) is 17.0 Å². The first kappa shape index (κ1) is 18.0. The highest BCUT2D eigenvalue weighted by atomic mass is 35.5. The van der Waals surface area contributed by atoms with Crippen LogP contribution in [0.3, 0.4) is 0 Å². The number of aromatic nitrogens is 1. The normalized spacial score (nSPS) is 19.3. The van der Waals surface area contributed by atoms with Crippen molar-refractivity contribution in [2.24, 2.45) is 5.92 Å². The molecule has 140 valence electrons. The van der Waals surface area contributed by atoms with Gasteiger partial charge in [-0.2, -0.15) is 0 Å². The first-order chi connectivity index (χ1) is 12.6. The molecule has 26 heavy (non-hydrogen) atoms. The van der Waals surface area contributed by atoms with Crippen LogP contribution in [-0.2, 0) is 9.53 Å². The van der Waals surface area contributed by atoms with E-state index in [9.17, 15) is 4.79 Å². The highest BCUT2D eigenvalue weighted by Crippen LogP contribution is 2.35. The number of aryl methyl sites for hydroxylation is 1. The number of benzene rings is 1. The molecule has 5 nitrogen and oxygen atoms in total. The van der Waals surface area contributed by atoms with Crippen LogP contribution in [0.1, 0.15) is 24.8 Å². The van der Waals surface area contributed by atoms with Crippen molar-refractivity contribution in [1.82, 2.24) is 9.88 Å². The number of amides is 1. The quantitative estimate of drug-likeness (QED) is 0.797. The number of ether oxygens (including phenoxy) is 1. The molecule has 0 saturated carbocycles. The van der Waals surface area contributed by atoms with Gasteiger partial charge in [0.2, 0.25) is 5.91 Å². The van der Waals surface area contributed by atoms with Crippen molar-refractivity contribution < 1.29 is 9.53 Å². The minimum atomic E-state index is 0.289. The molecule has 4 rings (SSSR count). The largest absolute Gasteiger partial charge is 0.378 e. The molecule has 2 aliphatic heterocycles. The summed E-state index contributed by atoms with van der Waals surface area (Å²) in [5, 5.41) is 1.84. The van der Waals surface area contributed by atoms with E-state index in [4.69, 9.17) is 21.3 Å². The highest BCUT2D eigenvalue weighted by molar-refractivity contribution is 7.22. The third-order valence-electron chi connectivity index (χ3n) is 5.35. The Balaban J connectivity index is 1.36. The van der Waals surface area contributed by atoms with E-state index in [0.717, 1.165) is 65.0 Å². The van der Waals surface area contributed by atoms with Crippen molar-refractivity contribution >= 4 is 44.2 Å². The summed E-state index contributed by atoms with van der Waals surface area (Å²) in [6.07, 6.45) is 2.76. The lowest BCUT2D eigenvalue weighted by Gasteiger charge is -2.33. The number of hydrogen-bond acceptors (Lipinski definition) is 5. The average molecular weight is 394 g/mol. The van der Waals surface area contributed by atoms with Gasteiger partial charge in [0, 0.05) is 37.6 Å². The summed E-state index contributed by atoms with van der Waals surface area (Å²) >= 11 is 7.88. The minimum Gasteiger partial charge on any atom is -0.378 e. The van der Waals surface area contributed by atoms with Crippen LogP contribution in [0.5, 0.6) is 0 Å². The second-order valence-electron chi connectivity index (χ2n) is 7.19. The Morgan fingerprint density at radius 1 is 1.27 bits per heavy atom. The fourth-order valence-corrected chi connectivity index (χ4v) is 5.27. The van der Waals surface area contributed by atoms with Gasteiger partial charge in [-0.25, -0.2) is 4.98 Å². The van der Waals surface area contributed by atoms with Crippen molar-refractivity contribution in [1.29, 1.82) is 0 Å². The van der Waals surface area contributed by atoms with Crippen molar-refractivity contribution in [3.8, 4) is 0 Å². The maximum atomic E-state index is 12.4. The molecule has 2 aliphatic rings. The minimum absolute atomic E-state index is 0.289. The molecule has 1 aromatic heterocycles. The lowest BCUT2D eigenvalue weighted by Crippen LogP contribution is -2.42. The summed E-state index contributed by atoms with van der Waals surface area (Å²) in [5.41, 5.74) is 2.18. The summed E-state index contributed by atoms with van der Waals surface area (Å²) in [7, 11) is 0. The first-order valence-corrected chi connectivity index (χ1v) is 10.5. The molecule has 2 fully saturated rings. The molecule has 0 bridgehead atoms. The average Bonchev–Trinajstić information content (AvgIpc) is 3.07. The molecule has 0 N–H and O–H groups in total. The van der Waals surface area contributed by atoms with E-state index in [1.54, 1.807) is 11.3 Å². The van der Waals surface area contributed by atoms with Crippen LogP contribution in [0.15, 0.2) is 12.1 Å². The van der Waals surface area contributed by atoms with Gasteiger partial charge in [-0.05, 0) is 43.4 Å². The van der Waals surface area contributed by atoms with E-state index >= 15 is 0 Å². The van der Waals surface area contributed by atoms with Gasteiger partial charge in [0.05, 0.1) is 23.4 Å². The smallest absolute Gasteiger partial charge is 0.223 e. The fourth-order valence-electron chi connectivity index (χ4n) is 3.80. The topological polar surface area (TPSA) is 45.7 Å². The standard InChI is InChI=1S/C19H24ClN3O2S/c1-13-10-15(20)12-16-18(13)21-19(26-16)23-4-2-14(3-5-23)11-17(24)22-6-8-25-9-7-22/h10,12,14H,2-9,11H2,1H3. The number of morpholine rings is 1. The number of anilines is 1. The molecule has 1 amide bonds. The van der Waals surface area contributed by atoms with Crippen LogP contribution in [0.4, 0.5) is 5.13 Å². The van der Waals surface area contributed by atoms with Gasteiger partial charge in [0.15, 0.2) is 5.13 Å². The van der Waals surface area contributed by atoms with E-state index in [2.05, 4.69) is 11.8 Å². The molecule has 0 unspecified atom stereocenters. The van der Waals surface area contributed by atoms with Crippen LogP contribution in [0.25, 0.3) is 10.2 Å². The molecule has 0 spiro atoms. The summed E-state index contributed by atoms with van der Waals surface area (Å²) in [6, 6.07) is 3.97. The number of carbonyl (C=O) groups excluding carboxylic acids is 1. The summed E-state index contributed by atoms with van der Waals surface area (Å²) < 4.78 is 6.48. The zero-order valence-corrected chi connectivity index (χ0v) is 16.6. The number of rotatable bonds is 3. The fraction of sp³-hybridized carbons (Fsp3) is 0.579. The summed E-state index contributed by atoms with van der Waals surface area (Å²) in [5.74, 6) is 0.768. The van der Waals surface area contributed by atoms with Crippen LogP contribution in [0, 0.1) is 12.8 Å². The Labute approximate surface area is 162 Å². The van der Waals surface area contributed by atoms with Gasteiger partial charge >= 0.3 is 0 Å². The number of carbonyl (C=O) groups is 1. The second-order valence-corrected chi connectivity index (χ2v) is 8.64. The predicted octanol–water partition coefficient (Wildman–Crippen LogP) is 3.72. The molecule has 0 radical (unpaired) electrons. The van der Waals surface area contributed by atoms with Crippen LogP contribution in [-0.4, -0.2) is 55.2 Å². The van der Waals surface area contributed by atoms with Crippen LogP contribution >= 0.6 is 22.9 Å². The van der Waals surface area contributed by atoms with Gasteiger partial charge in [-0.15, -0.1) is 0 Å². The maximum absolute atomic E-state index is 12.4. The molecular weight excluding hydrogens is 370 g/mol. The van der Waals surface area contributed by atoms with Crippen LogP contribution in [0.2, 0.25) is 5.02 Å². The third kappa shape index (κ3) is 3.82. The zero-order valence-electron chi connectivity index (χ0n) is 15.0. The molecule has 0 aliphatic carbocycles. The van der Waals surface area contributed by atoms with Gasteiger partial charge < -0.3 is 14.5 Å². The lowest BCUT2D eigenvalue weighted by molar-refractivity contribution is -0.136. The van der Waals surface area contributed by atoms with E-state index in [0.29, 0.717) is 25.6 Å². The molecule has 2 saturated heterocycles. The molecule has 0 atom stereocenters. The lowest BCUT2D eigenvalue weighted by atomic mass is 9.93. The van der Waals surface area contributed by atoms with Gasteiger partial charge in [-0.1, -0.05) is 22.9 Å². The molecule has 7 heteroatoms. The number of fused-ring (bicyclic) bond motifs is 1. The summed E-state index contributed by atoms with van der Waals surface area (Å²) in [4.78, 5) is 21.6. The Morgan fingerprint density at radius 3 is 2.73 bits per heavy atom. The number of piperidine rings is 1. The van der Waals surface area contributed by atoms with Gasteiger partial charge in [0.1, 0.15) is 0 Å². The maximum Gasteiger partial charge on any atom is 0.223 e. The SMILES string of the molecule is Cc1cc(Cl)cc2sc(N3CCC(CC(=O)N4CCOCC4)CC3)nc12. The number of hydrogen-bond donors (Lipinski definition) is 0. The Bertz CT molecular complexity index is 795. The van der Waals surface area contributed by atoms with Gasteiger partial charge in [0.25, 0.3) is 0 Å². The zero-order chi connectivity index (χ0) is 18.1. The van der Waals surface area contributed by atoms with Crippen molar-refractivity contribution in [3.05, 3.63) is 22.7 Å². The molecular formula is C19H24ClN3O2S. The van der Waals surface area contributed by atoms with Gasteiger partial charge in [-0.3, -0.25) is 4.79 Å². The van der Waals surface area contributed by atoms with Crippen molar-refractivity contribution in [2.45, 2.75) is 26.2 Å². The van der Waals surface area contributed by atoms with Crippen molar-refractivity contribution in [3.63, 3.8) is 0 Å². The summed E-state index contributed by atoms with van der Waals surface area (Å²) in [6.45, 7) is 6.82. The second kappa shape index (κ2) is 7.71. The molecule has 1 aromatic carbocycles. The van der Waals surface area contributed by atoms with E-state index in [-0.39, 0.29) is 5.91 Å². The predicted molar refractivity (Wildman–Crippen MR) is 106 cm³/mol. The Morgan fingerprint density at radius 2 is 2.00 bits per heavy atom. The third-order valence-corrected chi connectivity index (χ3v) is 6.63. The van der Waals surface area contributed by atoms with E-state index in [1.165, 1.54) is 0 Å². The molecule has 2 aromatic rings. The monoisotopic (exact) mass is 393 g/mol. The Hall–Kier alpha value is -1.37. The number of halogens is 1. The van der Waals surface area contributed by atoms with Crippen LogP contribution < -0.4 is 4.90 Å². The van der Waals surface area contributed by atoms with E-state index < -0.39 is 0 Å². The first-order valence-electron chi connectivity index (χ1n) is 9.27. The highest BCUT2D eigenvalue weighted by Gasteiger charge is 2.26. The Kier molecular flexibility index (Phi) is 5.34. The number of thiazole rings is 1. The van der Waals surface area contributed by atoms with Crippen molar-refractivity contribution in [2.75, 3.05) is 44.3 Å². The number of nitrogens with zero attached hydrogens (tertiary/aromatic N) is 3.